The molecule has 1 aromatic rings. The topological polar surface area (TPSA) is 38.8 Å². The van der Waals surface area contributed by atoms with Crippen LogP contribution < -0.4 is 4.74 Å². The molecule has 2 atom stereocenters. The van der Waals surface area contributed by atoms with Crippen molar-refractivity contribution in [2.45, 2.75) is 26.1 Å². The number of methoxy groups -OCH3 is 1. The minimum atomic E-state index is -0.444. The average molecular weight is 293 g/mol. The van der Waals surface area contributed by atoms with Crippen molar-refractivity contribution >= 4 is 12.0 Å². The van der Waals surface area contributed by atoms with Crippen LogP contribution in [-0.2, 0) is 9.53 Å². The first-order valence-corrected chi connectivity index (χ1v) is 6.95. The van der Waals surface area contributed by atoms with E-state index in [-0.39, 0.29) is 23.9 Å². The Labute approximate surface area is 124 Å². The summed E-state index contributed by atoms with van der Waals surface area (Å²) in [6, 6.07) is 4.59. The lowest BCUT2D eigenvalue weighted by Gasteiger charge is -2.34. The Morgan fingerprint density at radius 2 is 2.05 bits per heavy atom. The molecule has 0 bridgehead atoms. The molecule has 5 heteroatoms. The highest BCUT2D eigenvalue weighted by Crippen LogP contribution is 2.18. The predicted molar refractivity (Wildman–Crippen MR) is 78.6 cm³/mol. The van der Waals surface area contributed by atoms with Gasteiger partial charge in [-0.15, -0.1) is 0 Å². The van der Waals surface area contributed by atoms with E-state index in [2.05, 4.69) is 0 Å². The molecule has 1 fully saturated rings. The van der Waals surface area contributed by atoms with Gasteiger partial charge in [0.05, 0.1) is 19.3 Å². The van der Waals surface area contributed by atoms with Gasteiger partial charge >= 0.3 is 0 Å². The average Bonchev–Trinajstić information content (AvgIpc) is 2.43. The minimum absolute atomic E-state index is 0.0320. The monoisotopic (exact) mass is 293 g/mol. The lowest BCUT2D eigenvalue weighted by Crippen LogP contribution is -2.47. The maximum atomic E-state index is 13.6. The van der Waals surface area contributed by atoms with Crippen molar-refractivity contribution in [2.24, 2.45) is 0 Å². The molecule has 2 unspecified atom stereocenters. The van der Waals surface area contributed by atoms with Gasteiger partial charge < -0.3 is 14.4 Å². The number of morpholine rings is 1. The summed E-state index contributed by atoms with van der Waals surface area (Å²) in [5.41, 5.74) is 0.621. The van der Waals surface area contributed by atoms with E-state index in [1.165, 1.54) is 19.3 Å². The molecular weight excluding hydrogens is 273 g/mol. The third-order valence-electron chi connectivity index (χ3n) is 3.33. The van der Waals surface area contributed by atoms with E-state index in [1.807, 2.05) is 13.8 Å². The largest absolute Gasteiger partial charge is 0.494 e. The molecule has 21 heavy (non-hydrogen) atoms. The van der Waals surface area contributed by atoms with E-state index < -0.39 is 5.82 Å². The zero-order chi connectivity index (χ0) is 15.4. The van der Waals surface area contributed by atoms with Crippen molar-refractivity contribution in [3.05, 3.63) is 35.7 Å². The number of ether oxygens (including phenoxy) is 2. The van der Waals surface area contributed by atoms with Crippen LogP contribution in [0.2, 0.25) is 0 Å². The van der Waals surface area contributed by atoms with Crippen LogP contribution in [0.3, 0.4) is 0 Å². The summed E-state index contributed by atoms with van der Waals surface area (Å²) in [5, 5.41) is 0. The van der Waals surface area contributed by atoms with Gasteiger partial charge in [0.15, 0.2) is 11.6 Å². The van der Waals surface area contributed by atoms with Gasteiger partial charge in [-0.05, 0) is 37.6 Å². The molecule has 1 heterocycles. The Morgan fingerprint density at radius 3 is 2.62 bits per heavy atom. The van der Waals surface area contributed by atoms with Crippen LogP contribution in [0.5, 0.6) is 5.75 Å². The van der Waals surface area contributed by atoms with Crippen molar-refractivity contribution in [1.82, 2.24) is 4.90 Å². The molecule has 0 spiro atoms. The fraction of sp³-hybridized carbons (Fsp3) is 0.438. The molecule has 1 aliphatic rings. The first kappa shape index (κ1) is 15.5. The van der Waals surface area contributed by atoms with Crippen LogP contribution in [0, 0.1) is 5.82 Å². The normalized spacial score (nSPS) is 22.6. The zero-order valence-corrected chi connectivity index (χ0v) is 12.5. The highest BCUT2D eigenvalue weighted by molar-refractivity contribution is 5.91. The van der Waals surface area contributed by atoms with Gasteiger partial charge in [-0.25, -0.2) is 4.39 Å². The SMILES string of the molecule is COc1ccc(/C=C/C(=O)N2CC(C)OC(C)C2)cc1F. The Morgan fingerprint density at radius 1 is 1.38 bits per heavy atom. The molecule has 114 valence electrons. The quantitative estimate of drug-likeness (QED) is 0.804. The number of hydrogen-bond acceptors (Lipinski definition) is 3. The molecule has 4 nitrogen and oxygen atoms in total. The zero-order valence-electron chi connectivity index (χ0n) is 12.5. The van der Waals surface area contributed by atoms with Crippen molar-refractivity contribution in [1.29, 1.82) is 0 Å². The third kappa shape index (κ3) is 4.04. The van der Waals surface area contributed by atoms with Crippen molar-refractivity contribution in [3.63, 3.8) is 0 Å². The van der Waals surface area contributed by atoms with Gasteiger partial charge in [0.2, 0.25) is 5.91 Å². The smallest absolute Gasteiger partial charge is 0.246 e. The van der Waals surface area contributed by atoms with Gasteiger partial charge in [0.25, 0.3) is 0 Å². The first-order chi connectivity index (χ1) is 9.99. The summed E-state index contributed by atoms with van der Waals surface area (Å²) in [6.45, 7) is 5.03. The van der Waals surface area contributed by atoms with Crippen LogP contribution >= 0.6 is 0 Å². The third-order valence-corrected chi connectivity index (χ3v) is 3.33. The summed E-state index contributed by atoms with van der Waals surface area (Å²) >= 11 is 0. The summed E-state index contributed by atoms with van der Waals surface area (Å²) in [7, 11) is 1.41. The van der Waals surface area contributed by atoms with E-state index in [9.17, 15) is 9.18 Å². The molecule has 0 N–H and O–H groups in total. The Bertz CT molecular complexity index is 534. The molecule has 1 amide bonds. The van der Waals surface area contributed by atoms with E-state index >= 15 is 0 Å². The second kappa shape index (κ2) is 6.72. The number of carbonyl (C=O) groups is 1. The minimum Gasteiger partial charge on any atom is -0.494 e. The van der Waals surface area contributed by atoms with E-state index in [1.54, 1.807) is 23.1 Å². The number of nitrogens with zero attached hydrogens (tertiary/aromatic N) is 1. The van der Waals surface area contributed by atoms with Gasteiger partial charge in [0, 0.05) is 19.2 Å². The van der Waals surface area contributed by atoms with E-state index in [4.69, 9.17) is 9.47 Å². The summed E-state index contributed by atoms with van der Waals surface area (Å²) in [4.78, 5) is 13.9. The molecular formula is C16H20FNO3. The Kier molecular flexibility index (Phi) is 4.96. The summed E-state index contributed by atoms with van der Waals surface area (Å²) < 4.78 is 24.0. The maximum Gasteiger partial charge on any atom is 0.246 e. The van der Waals surface area contributed by atoms with E-state index in [0.717, 1.165) is 0 Å². The van der Waals surface area contributed by atoms with Crippen LogP contribution in [0.15, 0.2) is 24.3 Å². The number of hydrogen-bond donors (Lipinski definition) is 0. The van der Waals surface area contributed by atoms with Gasteiger partial charge in [-0.2, -0.15) is 0 Å². The highest BCUT2D eigenvalue weighted by Gasteiger charge is 2.24. The number of amides is 1. The van der Waals surface area contributed by atoms with Crippen LogP contribution in [0.4, 0.5) is 4.39 Å². The van der Waals surface area contributed by atoms with Gasteiger partial charge in [-0.3, -0.25) is 4.79 Å². The Hall–Kier alpha value is -1.88. The van der Waals surface area contributed by atoms with Crippen molar-refractivity contribution in [2.75, 3.05) is 20.2 Å². The number of carbonyl (C=O) groups excluding carboxylic acids is 1. The van der Waals surface area contributed by atoms with Gasteiger partial charge in [0.1, 0.15) is 0 Å². The molecule has 2 rings (SSSR count). The maximum absolute atomic E-state index is 13.6. The molecule has 1 aromatic carbocycles. The lowest BCUT2D eigenvalue weighted by molar-refractivity contribution is -0.137. The summed E-state index contributed by atoms with van der Waals surface area (Å²) in [5.74, 6) is -0.344. The molecule has 0 aromatic heterocycles. The molecule has 0 aliphatic carbocycles. The standard InChI is InChI=1S/C16H20FNO3/c1-11-9-18(10-12(2)21-11)16(19)7-5-13-4-6-15(20-3)14(17)8-13/h4-8,11-12H,9-10H2,1-3H3/b7-5+. The van der Waals surface area contributed by atoms with Crippen molar-refractivity contribution in [3.8, 4) is 5.75 Å². The molecule has 0 saturated carbocycles. The summed E-state index contributed by atoms with van der Waals surface area (Å²) in [6.07, 6.45) is 3.14. The van der Waals surface area contributed by atoms with Crippen molar-refractivity contribution < 1.29 is 18.7 Å². The fourth-order valence-corrected chi connectivity index (χ4v) is 2.42. The highest BCUT2D eigenvalue weighted by atomic mass is 19.1. The first-order valence-electron chi connectivity index (χ1n) is 6.95. The molecule has 1 saturated heterocycles. The van der Waals surface area contributed by atoms with Gasteiger partial charge in [-0.1, -0.05) is 6.07 Å². The van der Waals surface area contributed by atoms with E-state index in [0.29, 0.717) is 18.7 Å². The second-order valence-electron chi connectivity index (χ2n) is 5.23. The molecule has 0 radical (unpaired) electrons. The predicted octanol–water partition coefficient (Wildman–Crippen LogP) is 2.48. The fourth-order valence-electron chi connectivity index (χ4n) is 2.42. The number of benzene rings is 1. The van der Waals surface area contributed by atoms with Crippen LogP contribution in [-0.4, -0.2) is 43.2 Å². The van der Waals surface area contributed by atoms with Crippen LogP contribution in [0.25, 0.3) is 6.08 Å². The Balaban J connectivity index is 2.03. The molecule has 1 aliphatic heterocycles. The van der Waals surface area contributed by atoms with Crippen LogP contribution in [0.1, 0.15) is 19.4 Å². The number of halogens is 1. The lowest BCUT2D eigenvalue weighted by atomic mass is 10.2. The second-order valence-corrected chi connectivity index (χ2v) is 5.23. The number of rotatable bonds is 3.